The lowest BCUT2D eigenvalue weighted by atomic mass is 9.97. The molecule has 88 heavy (non-hydrogen) atoms. The summed E-state index contributed by atoms with van der Waals surface area (Å²) in [4.78, 5) is 25.5. The van der Waals surface area contributed by atoms with Crippen molar-refractivity contribution < 1.29 is 0 Å². The minimum Gasteiger partial charge on any atom is -0.308 e. The first-order valence-electron chi connectivity index (χ1n) is 29.8. The molecule has 6 heterocycles. The van der Waals surface area contributed by atoms with Gasteiger partial charge in [-0.2, -0.15) is 0 Å². The van der Waals surface area contributed by atoms with Crippen LogP contribution in [0.15, 0.2) is 297 Å². The van der Waals surface area contributed by atoms with Crippen LogP contribution in [0.4, 0.5) is 0 Å². The molecule has 19 rings (SSSR count). The average Bonchev–Trinajstić information content (AvgIpc) is 1.55. The largest absolute Gasteiger partial charge is 0.308 e. The van der Waals surface area contributed by atoms with Gasteiger partial charge in [-0.05, 0) is 75.1 Å². The third kappa shape index (κ3) is 7.88. The van der Waals surface area contributed by atoms with Crippen LogP contribution in [0.5, 0.6) is 0 Å². The topological polar surface area (TPSA) is 73.3 Å². The Bertz CT molecular complexity index is 5830. The number of hydrogen-bond donors (Lipinski definition) is 0. The molecule has 7 heteroatoms. The minimum atomic E-state index is 0.650. The van der Waals surface area contributed by atoms with Crippen molar-refractivity contribution in [3.8, 4) is 79.2 Å². The second kappa shape index (κ2) is 19.8. The van der Waals surface area contributed by atoms with Crippen LogP contribution in [0.25, 0.3) is 177 Å². The molecule has 0 spiro atoms. The molecule has 0 atom stereocenters. The van der Waals surface area contributed by atoms with Crippen molar-refractivity contribution >= 4 is 97.7 Å². The fourth-order valence-electron chi connectivity index (χ4n) is 13.7. The molecular weight excluding hydrogens is 1070 g/mol. The molecule has 0 bridgehead atoms. The molecule has 0 saturated carbocycles. The number of aromatic nitrogens is 7. The van der Waals surface area contributed by atoms with Gasteiger partial charge in [-0.3, -0.25) is 0 Å². The summed E-state index contributed by atoms with van der Waals surface area (Å²) in [5.74, 6) is 2.68. The van der Waals surface area contributed by atoms with E-state index >= 15 is 0 Å². The fraction of sp³-hybridized carbons (Fsp3) is 0. The highest BCUT2D eigenvalue weighted by Gasteiger charge is 2.23. The highest BCUT2D eigenvalue weighted by Crippen LogP contribution is 2.44. The molecule has 0 fully saturated rings. The van der Waals surface area contributed by atoms with Gasteiger partial charge in [0.2, 0.25) is 0 Å². The van der Waals surface area contributed by atoms with Gasteiger partial charge in [-0.1, -0.05) is 255 Å². The summed E-state index contributed by atoms with van der Waals surface area (Å²) < 4.78 is 4.87. The van der Waals surface area contributed by atoms with E-state index in [1.54, 1.807) is 0 Å². The lowest BCUT2D eigenvalue weighted by Crippen LogP contribution is -2.00. The number of nitrogens with zero attached hydrogens (tertiary/aromatic N) is 7. The molecular formula is C81H49N7. The summed E-state index contributed by atoms with van der Waals surface area (Å²) in [5, 5.41) is 14.9. The Balaban J connectivity index is 0.000000133. The first-order valence-corrected chi connectivity index (χ1v) is 29.8. The Morgan fingerprint density at radius 3 is 1.16 bits per heavy atom. The van der Waals surface area contributed by atoms with Crippen LogP contribution in [-0.4, -0.2) is 33.7 Å². The molecule has 0 amide bonds. The van der Waals surface area contributed by atoms with Gasteiger partial charge in [-0.25, -0.2) is 24.9 Å². The molecule has 19 aromatic rings. The van der Waals surface area contributed by atoms with Crippen LogP contribution in [-0.2, 0) is 0 Å². The third-order valence-corrected chi connectivity index (χ3v) is 17.7. The van der Waals surface area contributed by atoms with Crippen LogP contribution in [0, 0.1) is 0 Å². The number of benzene rings is 13. The zero-order valence-electron chi connectivity index (χ0n) is 47.4. The van der Waals surface area contributed by atoms with E-state index in [0.717, 1.165) is 56.2 Å². The summed E-state index contributed by atoms with van der Waals surface area (Å²) in [6, 6.07) is 105. The van der Waals surface area contributed by atoms with Crippen molar-refractivity contribution in [2.75, 3.05) is 0 Å². The normalized spacial score (nSPS) is 11.9. The van der Waals surface area contributed by atoms with Crippen LogP contribution < -0.4 is 0 Å². The fourth-order valence-corrected chi connectivity index (χ4v) is 13.7. The zero-order chi connectivity index (χ0) is 57.8. The zero-order valence-corrected chi connectivity index (χ0v) is 47.4. The smallest absolute Gasteiger partial charge is 0.164 e. The van der Waals surface area contributed by atoms with E-state index in [1.165, 1.54) is 103 Å². The Kier molecular flexibility index (Phi) is 11.2. The molecule has 0 N–H and O–H groups in total. The van der Waals surface area contributed by atoms with E-state index in [0.29, 0.717) is 17.5 Å². The van der Waals surface area contributed by atoms with E-state index in [-0.39, 0.29) is 0 Å². The average molecular weight is 1120 g/mol. The highest BCUT2D eigenvalue weighted by atomic mass is 15.0. The van der Waals surface area contributed by atoms with E-state index < -0.39 is 0 Å². The molecule has 0 unspecified atom stereocenters. The Labute approximate surface area is 505 Å². The van der Waals surface area contributed by atoms with Crippen molar-refractivity contribution in [3.63, 3.8) is 0 Å². The van der Waals surface area contributed by atoms with Gasteiger partial charge in [0.15, 0.2) is 23.3 Å². The van der Waals surface area contributed by atoms with E-state index in [4.69, 9.17) is 24.9 Å². The van der Waals surface area contributed by atoms with Crippen LogP contribution >= 0.6 is 0 Å². The standard InChI is InChI=1S/C43H26N4.C38H23N3/c1-3-11-27(12-4-1)28-21-23-31(24-22-28)42-44-41(30-13-5-2-6-14-30)45-43(46-42)32-25-35-33-17-7-8-19-37(33)47-38-20-10-16-29-15-9-18-34(39(29)38)36(26-32)40(35)47;1-3-10-24(11-4-1)32-23-33(25-12-5-2-6-13-25)40-38(39-32)27-20-21-28-30-17-9-18-31-29-16-7-14-26-15-8-19-34(36(26)29)41(37(30)31)35(28)22-27/h1-26H;1-23H. The maximum atomic E-state index is 5.15. The number of fused-ring (bicyclic) bond motifs is 10. The molecule has 6 aromatic heterocycles. The number of pyridine rings is 2. The number of rotatable bonds is 7. The Hall–Kier alpha value is -11.9. The van der Waals surface area contributed by atoms with Crippen molar-refractivity contribution in [1.29, 1.82) is 0 Å². The van der Waals surface area contributed by atoms with Crippen LogP contribution in [0.2, 0.25) is 0 Å². The Morgan fingerprint density at radius 2 is 0.557 bits per heavy atom. The summed E-state index contributed by atoms with van der Waals surface area (Å²) >= 11 is 0. The predicted octanol–water partition coefficient (Wildman–Crippen LogP) is 20.6. The van der Waals surface area contributed by atoms with E-state index in [9.17, 15) is 0 Å². The van der Waals surface area contributed by atoms with Gasteiger partial charge in [0.05, 0.1) is 44.5 Å². The van der Waals surface area contributed by atoms with Crippen molar-refractivity contribution in [1.82, 2.24) is 33.7 Å². The molecule has 7 nitrogen and oxygen atoms in total. The summed E-state index contributed by atoms with van der Waals surface area (Å²) in [7, 11) is 0. The lowest BCUT2D eigenvalue weighted by Gasteiger charge is -2.14. The maximum Gasteiger partial charge on any atom is 0.164 e. The quantitative estimate of drug-likeness (QED) is 0.117. The molecule has 0 aliphatic carbocycles. The van der Waals surface area contributed by atoms with Crippen molar-refractivity contribution in [2.45, 2.75) is 0 Å². The first kappa shape index (κ1) is 49.5. The van der Waals surface area contributed by atoms with Crippen molar-refractivity contribution in [3.05, 3.63) is 297 Å². The molecule has 0 aliphatic heterocycles. The third-order valence-electron chi connectivity index (χ3n) is 17.7. The lowest BCUT2D eigenvalue weighted by molar-refractivity contribution is 1.07. The van der Waals surface area contributed by atoms with E-state index in [1.807, 2.05) is 36.4 Å². The summed E-state index contributed by atoms with van der Waals surface area (Å²) in [5.41, 5.74) is 17.5. The second-order valence-corrected chi connectivity index (χ2v) is 22.7. The second-order valence-electron chi connectivity index (χ2n) is 22.7. The molecule has 0 saturated heterocycles. The summed E-state index contributed by atoms with van der Waals surface area (Å²) in [6.07, 6.45) is 0. The SMILES string of the molecule is c1ccc(-c2cc(-c3ccccc3)nc(-c3ccc4c5cccc6c7cccc8cccc(c87)n(c4c3)c65)n2)cc1.c1ccc(-c2ccc(-c3nc(-c4ccccc4)nc(-c4cc5c6cccc7cccc(c76)n6c7ccccc7c(c4)c56)n3)cc2)cc1. The van der Waals surface area contributed by atoms with Gasteiger partial charge in [0.25, 0.3) is 0 Å². The predicted molar refractivity (Wildman–Crippen MR) is 364 cm³/mol. The number of hydrogen-bond acceptors (Lipinski definition) is 5. The van der Waals surface area contributed by atoms with Crippen LogP contribution in [0.1, 0.15) is 0 Å². The molecule has 13 aromatic carbocycles. The van der Waals surface area contributed by atoms with Gasteiger partial charge < -0.3 is 8.80 Å². The molecule has 0 radical (unpaired) electrons. The molecule has 408 valence electrons. The maximum absolute atomic E-state index is 5.15. The number of para-hydroxylation sites is 2. The highest BCUT2D eigenvalue weighted by molar-refractivity contribution is 6.29. The minimum absolute atomic E-state index is 0.650. The van der Waals surface area contributed by atoms with Gasteiger partial charge in [0, 0.05) is 76.5 Å². The van der Waals surface area contributed by atoms with Gasteiger partial charge >= 0.3 is 0 Å². The Morgan fingerprint density at radius 1 is 0.193 bits per heavy atom. The van der Waals surface area contributed by atoms with Crippen molar-refractivity contribution in [2.24, 2.45) is 0 Å². The first-order chi connectivity index (χ1) is 43.6. The monoisotopic (exact) mass is 1120 g/mol. The van der Waals surface area contributed by atoms with Crippen LogP contribution in [0.3, 0.4) is 0 Å². The summed E-state index contributed by atoms with van der Waals surface area (Å²) in [6.45, 7) is 0. The van der Waals surface area contributed by atoms with Gasteiger partial charge in [0.1, 0.15) is 0 Å². The molecule has 0 aliphatic rings. The van der Waals surface area contributed by atoms with E-state index in [2.05, 4.69) is 270 Å². The van der Waals surface area contributed by atoms with Gasteiger partial charge in [-0.15, -0.1) is 0 Å².